The van der Waals surface area contributed by atoms with Crippen LogP contribution in [0.2, 0.25) is 0 Å². The first-order valence-electron chi connectivity index (χ1n) is 17.0. The minimum atomic E-state index is 0.189. The molecule has 2 unspecified atom stereocenters. The number of carbonyl (C=O) groups excluding carboxylic acids is 1. The molecule has 0 aliphatic carbocycles. The number of carbonyl (C=O) groups is 1. The van der Waals surface area contributed by atoms with Crippen molar-refractivity contribution in [1.82, 2.24) is 4.90 Å². The Labute approximate surface area is 239 Å². The first-order chi connectivity index (χ1) is 18.6. The van der Waals surface area contributed by atoms with Gasteiger partial charge in [0.1, 0.15) is 0 Å². The second kappa shape index (κ2) is 29.4. The Balaban J connectivity index is 4.06. The molecule has 0 N–H and O–H groups in total. The van der Waals surface area contributed by atoms with Crippen LogP contribution in [-0.2, 0) is 14.3 Å². The normalized spacial score (nSPS) is 13.1. The van der Waals surface area contributed by atoms with E-state index in [1.807, 2.05) is 11.9 Å². The fourth-order valence-electron chi connectivity index (χ4n) is 5.41. The van der Waals surface area contributed by atoms with E-state index >= 15 is 0 Å². The van der Waals surface area contributed by atoms with Gasteiger partial charge in [0.15, 0.2) is 0 Å². The molecule has 0 saturated heterocycles. The van der Waals surface area contributed by atoms with Gasteiger partial charge in [0.05, 0.1) is 19.8 Å². The summed E-state index contributed by atoms with van der Waals surface area (Å²) in [5.74, 6) is 1.39. The fourth-order valence-corrected chi connectivity index (χ4v) is 5.41. The maximum absolute atomic E-state index is 13.1. The van der Waals surface area contributed by atoms with Gasteiger partial charge in [-0.25, -0.2) is 0 Å². The van der Waals surface area contributed by atoms with Crippen molar-refractivity contribution in [3.8, 4) is 0 Å². The topological polar surface area (TPSA) is 38.8 Å². The Kier molecular flexibility index (Phi) is 28.9. The van der Waals surface area contributed by atoms with Crippen molar-refractivity contribution in [1.29, 1.82) is 0 Å². The van der Waals surface area contributed by atoms with Crippen LogP contribution in [0.5, 0.6) is 0 Å². The van der Waals surface area contributed by atoms with E-state index in [2.05, 4.69) is 27.7 Å². The smallest absolute Gasteiger partial charge is 0.225 e. The van der Waals surface area contributed by atoms with Gasteiger partial charge in [-0.05, 0) is 31.6 Å². The van der Waals surface area contributed by atoms with Gasteiger partial charge in [0.2, 0.25) is 5.91 Å². The molecule has 0 aromatic rings. The molecule has 0 fully saturated rings. The first-order valence-corrected chi connectivity index (χ1v) is 17.0. The molecule has 0 aromatic heterocycles. The summed E-state index contributed by atoms with van der Waals surface area (Å²) in [6.45, 7) is 12.5. The molecule has 0 aromatic carbocycles. The van der Waals surface area contributed by atoms with Crippen molar-refractivity contribution >= 4 is 5.91 Å². The Morgan fingerprint density at radius 3 is 1.55 bits per heavy atom. The van der Waals surface area contributed by atoms with Gasteiger partial charge in [-0.15, -0.1) is 0 Å². The van der Waals surface area contributed by atoms with Crippen LogP contribution in [0.3, 0.4) is 0 Å². The van der Waals surface area contributed by atoms with E-state index in [-0.39, 0.29) is 5.92 Å². The van der Waals surface area contributed by atoms with E-state index in [0.717, 1.165) is 31.8 Å². The molecule has 38 heavy (non-hydrogen) atoms. The fraction of sp³-hybridized carbons (Fsp3) is 0.971. The van der Waals surface area contributed by atoms with E-state index in [0.29, 0.717) is 32.3 Å². The van der Waals surface area contributed by atoms with Crippen LogP contribution in [0.4, 0.5) is 0 Å². The Morgan fingerprint density at radius 1 is 0.526 bits per heavy atom. The summed E-state index contributed by atoms with van der Waals surface area (Å²) in [6.07, 6.45) is 26.8. The highest BCUT2D eigenvalue weighted by Crippen LogP contribution is 2.23. The third kappa shape index (κ3) is 23.3. The zero-order valence-corrected chi connectivity index (χ0v) is 26.7. The van der Waals surface area contributed by atoms with Crippen LogP contribution in [0.15, 0.2) is 0 Å². The summed E-state index contributed by atoms with van der Waals surface area (Å²) in [4.78, 5) is 15.0. The molecule has 0 aliphatic rings. The first kappa shape index (κ1) is 37.4. The number of nitrogens with zero attached hydrogens (tertiary/aromatic N) is 1. The number of unbranched alkanes of at least 4 members (excludes halogenated alkanes) is 11. The average Bonchev–Trinajstić information content (AvgIpc) is 2.93. The summed E-state index contributed by atoms with van der Waals surface area (Å²) in [7, 11) is 1.95. The van der Waals surface area contributed by atoms with E-state index < -0.39 is 0 Å². The molecule has 0 bridgehead atoms. The number of amides is 1. The highest BCUT2D eigenvalue weighted by molar-refractivity contribution is 5.78. The van der Waals surface area contributed by atoms with Crippen LogP contribution < -0.4 is 0 Å². The maximum atomic E-state index is 13.1. The quantitative estimate of drug-likeness (QED) is 0.0852. The van der Waals surface area contributed by atoms with Crippen LogP contribution in [0, 0.1) is 11.8 Å². The molecule has 4 heteroatoms. The molecular weight excluding hydrogens is 470 g/mol. The minimum absolute atomic E-state index is 0.189. The minimum Gasteiger partial charge on any atom is -0.379 e. The average molecular weight is 540 g/mol. The summed E-state index contributed by atoms with van der Waals surface area (Å²) in [6, 6.07) is 0. The monoisotopic (exact) mass is 540 g/mol. The molecule has 4 nitrogen and oxygen atoms in total. The zero-order chi connectivity index (χ0) is 28.1. The molecule has 0 radical (unpaired) electrons. The number of rotatable bonds is 30. The summed E-state index contributed by atoms with van der Waals surface area (Å²) in [5.41, 5.74) is 0. The third-order valence-electron chi connectivity index (χ3n) is 8.06. The Hall–Kier alpha value is -0.610. The van der Waals surface area contributed by atoms with Crippen LogP contribution in [0.25, 0.3) is 0 Å². The second-order valence-electron chi connectivity index (χ2n) is 11.7. The molecule has 0 spiro atoms. The van der Waals surface area contributed by atoms with Crippen LogP contribution >= 0.6 is 0 Å². The molecule has 0 rings (SSSR count). The van der Waals surface area contributed by atoms with E-state index in [1.54, 1.807) is 0 Å². The van der Waals surface area contributed by atoms with Gasteiger partial charge in [-0.1, -0.05) is 137 Å². The zero-order valence-electron chi connectivity index (χ0n) is 26.7. The highest BCUT2D eigenvalue weighted by atomic mass is 16.5. The van der Waals surface area contributed by atoms with Gasteiger partial charge in [0.25, 0.3) is 0 Å². The third-order valence-corrected chi connectivity index (χ3v) is 8.06. The molecule has 0 aliphatic heterocycles. The van der Waals surface area contributed by atoms with Crippen molar-refractivity contribution in [2.24, 2.45) is 11.8 Å². The van der Waals surface area contributed by atoms with Crippen molar-refractivity contribution < 1.29 is 14.3 Å². The predicted molar refractivity (Wildman–Crippen MR) is 166 cm³/mol. The number of likely N-dealkylation sites (N-methyl/N-ethyl adjacent to an activating group) is 1. The van der Waals surface area contributed by atoms with Gasteiger partial charge in [-0.3, -0.25) is 4.79 Å². The summed E-state index contributed by atoms with van der Waals surface area (Å²) < 4.78 is 11.7. The lowest BCUT2D eigenvalue weighted by Crippen LogP contribution is -2.35. The lowest BCUT2D eigenvalue weighted by Gasteiger charge is -2.24. The lowest BCUT2D eigenvalue weighted by molar-refractivity contribution is -0.135. The highest BCUT2D eigenvalue weighted by Gasteiger charge is 2.21. The number of hydrogen-bond donors (Lipinski definition) is 0. The Bertz CT molecular complexity index is 484. The van der Waals surface area contributed by atoms with Crippen molar-refractivity contribution in [2.45, 2.75) is 163 Å². The lowest BCUT2D eigenvalue weighted by atomic mass is 9.91. The summed E-state index contributed by atoms with van der Waals surface area (Å²) in [5, 5.41) is 0. The SMILES string of the molecule is CCCCCCCC(CCCCCC)C(=O)N(C)CCOCCOCCCC(CCCC)CCCCCC. The van der Waals surface area contributed by atoms with Crippen LogP contribution in [0.1, 0.15) is 163 Å². The van der Waals surface area contributed by atoms with Gasteiger partial charge in [-0.2, -0.15) is 0 Å². The number of ether oxygens (including phenoxy) is 2. The van der Waals surface area contributed by atoms with E-state index in [9.17, 15) is 4.79 Å². The van der Waals surface area contributed by atoms with Gasteiger partial charge in [0, 0.05) is 26.1 Å². The molecule has 0 saturated carbocycles. The molecule has 2 atom stereocenters. The standard InChI is InChI=1S/C34H69NO3/c1-6-10-14-17-20-26-33(25-19-16-12-8-3)34(36)35(5)27-29-38-31-30-37-28-21-24-32(22-13-9-4)23-18-15-11-7-2/h32-33H,6-31H2,1-5H3. The molecule has 0 heterocycles. The largest absolute Gasteiger partial charge is 0.379 e. The van der Waals surface area contributed by atoms with E-state index in [4.69, 9.17) is 9.47 Å². The van der Waals surface area contributed by atoms with Crippen molar-refractivity contribution in [3.63, 3.8) is 0 Å². The van der Waals surface area contributed by atoms with Gasteiger partial charge >= 0.3 is 0 Å². The van der Waals surface area contributed by atoms with E-state index in [1.165, 1.54) is 116 Å². The Morgan fingerprint density at radius 2 is 0.974 bits per heavy atom. The summed E-state index contributed by atoms with van der Waals surface area (Å²) >= 11 is 0. The van der Waals surface area contributed by atoms with Crippen LogP contribution in [-0.4, -0.2) is 50.8 Å². The van der Waals surface area contributed by atoms with Crippen molar-refractivity contribution in [2.75, 3.05) is 40.0 Å². The second-order valence-corrected chi connectivity index (χ2v) is 11.7. The molecule has 228 valence electrons. The van der Waals surface area contributed by atoms with Gasteiger partial charge < -0.3 is 14.4 Å². The number of hydrogen-bond acceptors (Lipinski definition) is 3. The molecular formula is C34H69NO3. The van der Waals surface area contributed by atoms with Crippen molar-refractivity contribution in [3.05, 3.63) is 0 Å². The predicted octanol–water partition coefficient (Wildman–Crippen LogP) is 9.98. The molecule has 1 amide bonds. The maximum Gasteiger partial charge on any atom is 0.225 e.